The molecule has 21 heavy (non-hydrogen) atoms. The van der Waals surface area contributed by atoms with Gasteiger partial charge in [0.1, 0.15) is 0 Å². The third-order valence-electron chi connectivity index (χ3n) is 3.22. The van der Waals surface area contributed by atoms with Gasteiger partial charge >= 0.3 is 5.97 Å². The van der Waals surface area contributed by atoms with Gasteiger partial charge in [-0.3, -0.25) is 4.79 Å². The van der Waals surface area contributed by atoms with Crippen LogP contribution in [0.15, 0.2) is 24.3 Å². The van der Waals surface area contributed by atoms with Crippen LogP contribution in [0.5, 0.6) is 0 Å². The Morgan fingerprint density at radius 2 is 1.90 bits per heavy atom. The Morgan fingerprint density at radius 1 is 1.29 bits per heavy atom. The lowest BCUT2D eigenvalue weighted by Gasteiger charge is -2.17. The largest absolute Gasteiger partial charge is 0.550 e. The van der Waals surface area contributed by atoms with Crippen LogP contribution in [0.2, 0.25) is 0 Å². The minimum Gasteiger partial charge on any atom is -0.550 e. The molecule has 1 aromatic carbocycles. The molecule has 0 aromatic heterocycles. The Balaban J connectivity index is 2.11. The van der Waals surface area contributed by atoms with E-state index in [0.29, 0.717) is 11.3 Å². The molecule has 1 aliphatic heterocycles. The topological polar surface area (TPSA) is 86.7 Å². The number of carbonyl (C=O) groups excluding carboxylic acids is 3. The molecule has 1 aliphatic rings. The van der Waals surface area contributed by atoms with E-state index >= 15 is 0 Å². The number of ether oxygens (including phenoxy) is 1. The van der Waals surface area contributed by atoms with E-state index in [0.717, 1.165) is 0 Å². The smallest absolute Gasteiger partial charge is 0.338 e. The lowest BCUT2D eigenvalue weighted by atomic mass is 10.1. The summed E-state index contributed by atoms with van der Waals surface area (Å²) in [6.45, 7) is 3.61. The molecule has 6 heteroatoms. The van der Waals surface area contributed by atoms with Gasteiger partial charge in [-0.2, -0.15) is 0 Å². The van der Waals surface area contributed by atoms with Crippen LogP contribution in [0, 0.1) is 5.92 Å². The van der Waals surface area contributed by atoms with Crippen molar-refractivity contribution in [1.29, 1.82) is 0 Å². The second kappa shape index (κ2) is 5.95. The fraction of sp³-hybridized carbons (Fsp3) is 0.400. The van der Waals surface area contributed by atoms with Gasteiger partial charge < -0.3 is 19.5 Å². The Morgan fingerprint density at radius 3 is 2.38 bits per heavy atom. The summed E-state index contributed by atoms with van der Waals surface area (Å²) >= 11 is 0. The molecule has 0 radical (unpaired) electrons. The SMILES string of the molecule is CC(C)OC(=O)c1ccc(N2C[C@H](C(=O)[O-])CC2=O)cc1. The normalized spacial score (nSPS) is 18.1. The Bertz CT molecular complexity index is 564. The van der Waals surface area contributed by atoms with Gasteiger partial charge in [0.2, 0.25) is 5.91 Å². The van der Waals surface area contributed by atoms with E-state index in [4.69, 9.17) is 4.74 Å². The second-order valence-electron chi connectivity index (χ2n) is 5.23. The van der Waals surface area contributed by atoms with E-state index in [1.54, 1.807) is 38.1 Å². The highest BCUT2D eigenvalue weighted by molar-refractivity contribution is 5.99. The third kappa shape index (κ3) is 3.39. The number of benzene rings is 1. The molecule has 112 valence electrons. The van der Waals surface area contributed by atoms with Crippen LogP contribution in [-0.4, -0.2) is 30.5 Å². The molecule has 0 unspecified atom stereocenters. The number of hydrogen-bond acceptors (Lipinski definition) is 5. The number of nitrogens with zero attached hydrogens (tertiary/aromatic N) is 1. The summed E-state index contributed by atoms with van der Waals surface area (Å²) in [5, 5.41) is 10.8. The van der Waals surface area contributed by atoms with Crippen LogP contribution in [0.25, 0.3) is 0 Å². The summed E-state index contributed by atoms with van der Waals surface area (Å²) in [4.78, 5) is 35.7. The van der Waals surface area contributed by atoms with Gasteiger partial charge in [-0.05, 0) is 38.1 Å². The molecule has 2 rings (SSSR count). The number of anilines is 1. The van der Waals surface area contributed by atoms with Gasteiger partial charge in [-0.1, -0.05) is 0 Å². The molecule has 1 aromatic rings. The summed E-state index contributed by atoms with van der Waals surface area (Å²) in [6.07, 6.45) is -0.263. The van der Waals surface area contributed by atoms with Gasteiger partial charge in [0.15, 0.2) is 0 Å². The van der Waals surface area contributed by atoms with Crippen molar-refractivity contribution in [2.75, 3.05) is 11.4 Å². The molecule has 0 aliphatic carbocycles. The van der Waals surface area contributed by atoms with E-state index in [1.807, 2.05) is 0 Å². The minimum atomic E-state index is -1.22. The van der Waals surface area contributed by atoms with Crippen LogP contribution >= 0.6 is 0 Å². The van der Waals surface area contributed by atoms with Crippen molar-refractivity contribution in [2.45, 2.75) is 26.4 Å². The average molecular weight is 290 g/mol. The Hall–Kier alpha value is -2.37. The van der Waals surface area contributed by atoms with Crippen molar-refractivity contribution in [3.63, 3.8) is 0 Å². The van der Waals surface area contributed by atoms with Crippen LogP contribution in [0.4, 0.5) is 5.69 Å². The fourth-order valence-corrected chi connectivity index (χ4v) is 2.17. The zero-order valence-electron chi connectivity index (χ0n) is 11.9. The molecule has 6 nitrogen and oxygen atoms in total. The van der Waals surface area contributed by atoms with E-state index in [-0.39, 0.29) is 25.0 Å². The van der Waals surface area contributed by atoms with Crippen molar-refractivity contribution in [2.24, 2.45) is 5.92 Å². The van der Waals surface area contributed by atoms with Crippen molar-refractivity contribution in [3.8, 4) is 0 Å². The highest BCUT2D eigenvalue weighted by Gasteiger charge is 2.31. The lowest BCUT2D eigenvalue weighted by Crippen LogP contribution is -2.33. The second-order valence-corrected chi connectivity index (χ2v) is 5.23. The molecule has 1 heterocycles. The van der Waals surface area contributed by atoms with Crippen molar-refractivity contribution >= 4 is 23.5 Å². The summed E-state index contributed by atoms with van der Waals surface area (Å²) in [7, 11) is 0. The first-order chi connectivity index (χ1) is 9.88. The molecule has 1 saturated heterocycles. The van der Waals surface area contributed by atoms with Crippen LogP contribution in [0.3, 0.4) is 0 Å². The first-order valence-electron chi connectivity index (χ1n) is 6.70. The summed E-state index contributed by atoms with van der Waals surface area (Å²) in [5.74, 6) is -2.70. The maximum absolute atomic E-state index is 11.8. The summed E-state index contributed by atoms with van der Waals surface area (Å²) in [6, 6.07) is 6.32. The van der Waals surface area contributed by atoms with Gasteiger partial charge in [-0.25, -0.2) is 4.79 Å². The highest BCUT2D eigenvalue weighted by atomic mass is 16.5. The van der Waals surface area contributed by atoms with E-state index in [2.05, 4.69) is 0 Å². The molecule has 1 fully saturated rings. The third-order valence-corrected chi connectivity index (χ3v) is 3.22. The molecular formula is C15H16NO5-. The van der Waals surface area contributed by atoms with E-state index in [9.17, 15) is 19.5 Å². The van der Waals surface area contributed by atoms with E-state index in [1.165, 1.54) is 4.90 Å². The number of rotatable bonds is 4. The van der Waals surface area contributed by atoms with Crippen LogP contribution in [0.1, 0.15) is 30.6 Å². The minimum absolute atomic E-state index is 0.0561. The Kier molecular flexibility index (Phi) is 4.26. The molecule has 1 amide bonds. The maximum Gasteiger partial charge on any atom is 0.338 e. The number of carboxylic acids is 1. The summed E-state index contributed by atoms with van der Waals surface area (Å²) in [5.41, 5.74) is 0.945. The van der Waals surface area contributed by atoms with Crippen LogP contribution in [-0.2, 0) is 14.3 Å². The van der Waals surface area contributed by atoms with Gasteiger partial charge in [-0.15, -0.1) is 0 Å². The number of hydrogen-bond donors (Lipinski definition) is 0. The highest BCUT2D eigenvalue weighted by Crippen LogP contribution is 2.25. The number of carboxylic acid groups (broad SMARTS) is 1. The fourth-order valence-electron chi connectivity index (χ4n) is 2.17. The molecule has 0 spiro atoms. The zero-order chi connectivity index (χ0) is 15.6. The standard InChI is InChI=1S/C15H17NO5/c1-9(2)21-15(20)10-3-5-12(6-4-10)16-8-11(14(18)19)7-13(16)17/h3-6,9,11H,7-8H2,1-2H3,(H,18,19)/p-1/t11-/m1/s1. The monoisotopic (exact) mass is 290 g/mol. The van der Waals surface area contributed by atoms with Crippen molar-refractivity contribution < 1.29 is 24.2 Å². The molecule has 1 atom stereocenters. The van der Waals surface area contributed by atoms with Gasteiger partial charge in [0, 0.05) is 30.5 Å². The quantitative estimate of drug-likeness (QED) is 0.747. The number of aliphatic carboxylic acids is 1. The van der Waals surface area contributed by atoms with Crippen molar-refractivity contribution in [3.05, 3.63) is 29.8 Å². The number of esters is 1. The molecular weight excluding hydrogens is 274 g/mol. The maximum atomic E-state index is 11.8. The Labute approximate surface area is 122 Å². The first kappa shape index (κ1) is 15.0. The van der Waals surface area contributed by atoms with Crippen molar-refractivity contribution in [1.82, 2.24) is 0 Å². The zero-order valence-corrected chi connectivity index (χ0v) is 11.9. The molecule has 0 bridgehead atoms. The number of carbonyl (C=O) groups is 3. The van der Waals surface area contributed by atoms with Gasteiger partial charge in [0.25, 0.3) is 0 Å². The predicted molar refractivity (Wildman–Crippen MR) is 72.5 cm³/mol. The lowest BCUT2D eigenvalue weighted by molar-refractivity contribution is -0.310. The molecule has 0 saturated carbocycles. The number of amides is 1. The average Bonchev–Trinajstić information content (AvgIpc) is 2.80. The predicted octanol–water partition coefficient (Wildman–Crippen LogP) is 0.355. The van der Waals surface area contributed by atoms with Crippen LogP contribution < -0.4 is 10.0 Å². The van der Waals surface area contributed by atoms with Gasteiger partial charge in [0.05, 0.1) is 11.7 Å². The van der Waals surface area contributed by atoms with E-state index < -0.39 is 17.9 Å². The summed E-state index contributed by atoms with van der Waals surface area (Å²) < 4.78 is 5.07. The molecule has 0 N–H and O–H groups in total. The first-order valence-corrected chi connectivity index (χ1v) is 6.70.